The van der Waals surface area contributed by atoms with Crippen LogP contribution in [0.3, 0.4) is 0 Å². The maximum absolute atomic E-state index is 12.8. The molecule has 22 heavy (non-hydrogen) atoms. The van der Waals surface area contributed by atoms with Gasteiger partial charge in [0.15, 0.2) is 5.69 Å². The molecule has 7 nitrogen and oxygen atoms in total. The summed E-state index contributed by atoms with van der Waals surface area (Å²) < 4.78 is 39.2. The highest BCUT2D eigenvalue weighted by atomic mass is 32.1. The third kappa shape index (κ3) is 2.45. The molecule has 3 rings (SSSR count). The van der Waals surface area contributed by atoms with Crippen LogP contribution in [0.5, 0.6) is 0 Å². The van der Waals surface area contributed by atoms with Crippen LogP contribution in [0.2, 0.25) is 0 Å². The predicted octanol–water partition coefficient (Wildman–Crippen LogP) is 3.25. The molecule has 1 N–H and O–H groups in total. The van der Waals surface area contributed by atoms with Gasteiger partial charge in [-0.2, -0.15) is 18.3 Å². The molecule has 0 spiro atoms. The Kier molecular flexibility index (Phi) is 3.20. The van der Waals surface area contributed by atoms with Gasteiger partial charge in [-0.15, -0.1) is 11.3 Å². The number of hydrogen-bond acceptors (Lipinski definition) is 5. The van der Waals surface area contributed by atoms with Crippen LogP contribution in [0.4, 0.5) is 18.9 Å². The van der Waals surface area contributed by atoms with Gasteiger partial charge < -0.3 is 4.98 Å². The molecule has 3 aromatic heterocycles. The van der Waals surface area contributed by atoms with Crippen LogP contribution < -0.4 is 0 Å². The third-order valence-electron chi connectivity index (χ3n) is 2.76. The van der Waals surface area contributed by atoms with Gasteiger partial charge in [0.2, 0.25) is 5.13 Å². The van der Waals surface area contributed by atoms with E-state index in [-0.39, 0.29) is 10.8 Å². The Morgan fingerprint density at radius 3 is 2.82 bits per heavy atom. The molecule has 0 fully saturated rings. The molecule has 0 bridgehead atoms. The Hall–Kier alpha value is -2.69. The van der Waals surface area contributed by atoms with Crippen molar-refractivity contribution in [2.24, 2.45) is 0 Å². The first-order valence-electron chi connectivity index (χ1n) is 5.76. The van der Waals surface area contributed by atoms with Crippen LogP contribution in [-0.2, 0) is 6.18 Å². The standard InChI is InChI=1S/C11H6F3N5O2S/c12-11(13,14)9-1-2-16-18(9)10-17-8(5-22-10)7-3-6(4-15-7)19(20)21/h1-5,15H. The number of nitro groups is 1. The number of alkyl halides is 3. The fourth-order valence-electron chi connectivity index (χ4n) is 1.79. The molecule has 0 unspecified atom stereocenters. The summed E-state index contributed by atoms with van der Waals surface area (Å²) in [6.07, 6.45) is -2.33. The highest BCUT2D eigenvalue weighted by Gasteiger charge is 2.35. The summed E-state index contributed by atoms with van der Waals surface area (Å²) in [5.41, 5.74) is -0.447. The maximum Gasteiger partial charge on any atom is 0.433 e. The summed E-state index contributed by atoms with van der Waals surface area (Å²) in [6, 6.07) is 2.10. The van der Waals surface area contributed by atoms with Gasteiger partial charge >= 0.3 is 6.18 Å². The molecule has 3 heterocycles. The molecule has 0 atom stereocenters. The quantitative estimate of drug-likeness (QED) is 0.590. The molecule has 11 heteroatoms. The molecule has 3 aromatic rings. The summed E-state index contributed by atoms with van der Waals surface area (Å²) in [4.78, 5) is 16.7. The third-order valence-corrected chi connectivity index (χ3v) is 3.58. The van der Waals surface area contributed by atoms with E-state index in [9.17, 15) is 23.3 Å². The van der Waals surface area contributed by atoms with E-state index in [1.807, 2.05) is 0 Å². The highest BCUT2D eigenvalue weighted by molar-refractivity contribution is 7.12. The van der Waals surface area contributed by atoms with Gasteiger partial charge in [-0.25, -0.2) is 9.67 Å². The fourth-order valence-corrected chi connectivity index (χ4v) is 2.58. The van der Waals surface area contributed by atoms with E-state index in [2.05, 4.69) is 15.1 Å². The van der Waals surface area contributed by atoms with Crippen molar-refractivity contribution in [1.82, 2.24) is 19.7 Å². The minimum Gasteiger partial charge on any atom is -0.354 e. The van der Waals surface area contributed by atoms with E-state index < -0.39 is 16.8 Å². The number of aromatic nitrogens is 4. The molecule has 0 aliphatic heterocycles. The van der Waals surface area contributed by atoms with Crippen molar-refractivity contribution in [3.8, 4) is 16.5 Å². The number of halogens is 3. The van der Waals surface area contributed by atoms with E-state index in [4.69, 9.17) is 0 Å². The monoisotopic (exact) mass is 329 g/mol. The van der Waals surface area contributed by atoms with Crippen molar-refractivity contribution in [3.05, 3.63) is 45.7 Å². The van der Waals surface area contributed by atoms with Crippen LogP contribution in [0.25, 0.3) is 16.5 Å². The molecule has 0 amide bonds. The zero-order valence-electron chi connectivity index (χ0n) is 10.5. The Balaban J connectivity index is 1.97. The topological polar surface area (TPSA) is 89.6 Å². The second kappa shape index (κ2) is 4.94. The minimum atomic E-state index is -4.55. The molecule has 114 valence electrons. The highest BCUT2D eigenvalue weighted by Crippen LogP contribution is 2.32. The van der Waals surface area contributed by atoms with Gasteiger partial charge in [0.25, 0.3) is 5.69 Å². The van der Waals surface area contributed by atoms with E-state index in [1.165, 1.54) is 17.6 Å². The molecular weight excluding hydrogens is 323 g/mol. The van der Waals surface area contributed by atoms with E-state index in [1.54, 1.807) is 0 Å². The molecule has 0 radical (unpaired) electrons. The molecule has 0 aliphatic rings. The first-order chi connectivity index (χ1) is 10.4. The summed E-state index contributed by atoms with van der Waals surface area (Å²) in [6.45, 7) is 0. The maximum atomic E-state index is 12.8. The van der Waals surface area contributed by atoms with Crippen LogP contribution in [0.15, 0.2) is 29.9 Å². The first kappa shape index (κ1) is 14.3. The molecule has 0 aromatic carbocycles. The molecule has 0 aliphatic carbocycles. The second-order valence-corrected chi connectivity index (χ2v) is 5.01. The lowest BCUT2D eigenvalue weighted by Crippen LogP contribution is -2.13. The average molecular weight is 329 g/mol. The number of nitrogens with zero attached hydrogens (tertiary/aromatic N) is 4. The van der Waals surface area contributed by atoms with E-state index in [0.29, 0.717) is 16.1 Å². The number of nitrogens with one attached hydrogen (secondary N) is 1. The van der Waals surface area contributed by atoms with Gasteiger partial charge in [-0.1, -0.05) is 0 Å². The zero-order valence-corrected chi connectivity index (χ0v) is 11.4. The number of thiazole rings is 1. The van der Waals surface area contributed by atoms with Gasteiger partial charge in [-0.05, 0) is 6.07 Å². The number of rotatable bonds is 3. The van der Waals surface area contributed by atoms with Crippen molar-refractivity contribution in [3.63, 3.8) is 0 Å². The van der Waals surface area contributed by atoms with Gasteiger partial charge in [-0.3, -0.25) is 10.1 Å². The number of hydrogen-bond donors (Lipinski definition) is 1. The normalized spacial score (nSPS) is 11.8. The Bertz CT molecular complexity index is 835. The lowest BCUT2D eigenvalue weighted by Gasteiger charge is -2.07. The van der Waals surface area contributed by atoms with E-state index >= 15 is 0 Å². The predicted molar refractivity (Wildman–Crippen MR) is 70.7 cm³/mol. The molecule has 0 saturated heterocycles. The summed E-state index contributed by atoms with van der Waals surface area (Å²) >= 11 is 0.950. The van der Waals surface area contributed by atoms with Crippen molar-refractivity contribution in [2.45, 2.75) is 6.18 Å². The second-order valence-electron chi connectivity index (χ2n) is 4.17. The lowest BCUT2D eigenvalue weighted by molar-refractivity contribution is -0.384. The van der Waals surface area contributed by atoms with E-state index in [0.717, 1.165) is 23.6 Å². The summed E-state index contributed by atoms with van der Waals surface area (Å²) in [7, 11) is 0. The lowest BCUT2D eigenvalue weighted by atomic mass is 10.3. The Morgan fingerprint density at radius 2 is 2.18 bits per heavy atom. The first-order valence-corrected chi connectivity index (χ1v) is 6.64. The SMILES string of the molecule is O=[N+]([O-])c1c[nH]c(-c2csc(-n3nccc3C(F)(F)F)n2)c1. The Labute approximate surface area is 124 Å². The molecule has 0 saturated carbocycles. The van der Waals surface area contributed by atoms with Crippen LogP contribution in [0, 0.1) is 10.1 Å². The van der Waals surface area contributed by atoms with Crippen molar-refractivity contribution < 1.29 is 18.1 Å². The number of aromatic amines is 1. The van der Waals surface area contributed by atoms with Gasteiger partial charge in [0, 0.05) is 11.4 Å². The van der Waals surface area contributed by atoms with Crippen molar-refractivity contribution in [2.75, 3.05) is 0 Å². The molecular formula is C11H6F3N5O2S. The Morgan fingerprint density at radius 1 is 1.41 bits per heavy atom. The van der Waals surface area contributed by atoms with Gasteiger partial charge in [0.1, 0.15) is 5.69 Å². The van der Waals surface area contributed by atoms with Crippen molar-refractivity contribution in [1.29, 1.82) is 0 Å². The van der Waals surface area contributed by atoms with Crippen LogP contribution in [0.1, 0.15) is 5.69 Å². The summed E-state index contributed by atoms with van der Waals surface area (Å²) in [5, 5.41) is 15.8. The van der Waals surface area contributed by atoms with Gasteiger partial charge in [0.05, 0.1) is 23.0 Å². The largest absolute Gasteiger partial charge is 0.433 e. The smallest absolute Gasteiger partial charge is 0.354 e. The fraction of sp³-hybridized carbons (Fsp3) is 0.0909. The summed E-state index contributed by atoms with van der Waals surface area (Å²) in [5.74, 6) is 0. The average Bonchev–Trinajstić information content (AvgIpc) is 3.17. The minimum absolute atomic E-state index is 0.0181. The van der Waals surface area contributed by atoms with Crippen molar-refractivity contribution >= 4 is 17.0 Å². The van der Waals surface area contributed by atoms with Crippen LogP contribution >= 0.6 is 11.3 Å². The number of H-pyrrole nitrogens is 1. The van der Waals surface area contributed by atoms with Crippen LogP contribution in [-0.4, -0.2) is 24.7 Å². The zero-order chi connectivity index (χ0) is 15.9.